The van der Waals surface area contributed by atoms with E-state index in [1.165, 1.54) is 29.2 Å². The summed E-state index contributed by atoms with van der Waals surface area (Å²) in [7, 11) is -3.71. The number of carbonyl (C=O) groups is 2. The number of anilines is 1. The van der Waals surface area contributed by atoms with Crippen molar-refractivity contribution in [3.05, 3.63) is 63.9 Å². The van der Waals surface area contributed by atoms with Crippen molar-refractivity contribution in [1.29, 1.82) is 0 Å². The van der Waals surface area contributed by atoms with Crippen LogP contribution in [-0.4, -0.2) is 50.5 Å². The fourth-order valence-electron chi connectivity index (χ4n) is 3.79. The summed E-state index contributed by atoms with van der Waals surface area (Å²) < 4.78 is 39.5. The molecule has 0 heterocycles. The molecule has 0 saturated carbocycles. The Morgan fingerprint density at radius 3 is 2.30 bits per heavy atom. The van der Waals surface area contributed by atoms with Crippen LogP contribution in [0.4, 0.5) is 10.1 Å². The lowest BCUT2D eigenvalue weighted by molar-refractivity contribution is -0.141. The highest BCUT2D eigenvalue weighted by Crippen LogP contribution is 2.31. The quantitative estimate of drug-likeness (QED) is 0.354. The van der Waals surface area contributed by atoms with E-state index >= 15 is 0 Å². The lowest BCUT2D eigenvalue weighted by Crippen LogP contribution is -2.49. The highest BCUT2D eigenvalue weighted by Gasteiger charge is 2.29. The van der Waals surface area contributed by atoms with E-state index in [1.807, 2.05) is 20.8 Å². The van der Waals surface area contributed by atoms with Crippen molar-refractivity contribution in [3.63, 3.8) is 0 Å². The van der Waals surface area contributed by atoms with Gasteiger partial charge in [-0.1, -0.05) is 56.1 Å². The van der Waals surface area contributed by atoms with Crippen LogP contribution in [-0.2, 0) is 26.2 Å². The highest BCUT2D eigenvalue weighted by molar-refractivity contribution is 7.92. The molecular formula is C26H34Cl2FN3O4S. The number of hydrogen-bond acceptors (Lipinski definition) is 4. The molecule has 0 bridgehead atoms. The van der Waals surface area contributed by atoms with Gasteiger partial charge in [-0.2, -0.15) is 0 Å². The van der Waals surface area contributed by atoms with Gasteiger partial charge in [0.15, 0.2) is 0 Å². The number of benzene rings is 2. The molecule has 0 aliphatic carbocycles. The van der Waals surface area contributed by atoms with Crippen LogP contribution in [0.3, 0.4) is 0 Å². The summed E-state index contributed by atoms with van der Waals surface area (Å²) in [5.41, 5.74) is 0.903. The Labute approximate surface area is 229 Å². The molecule has 2 amide bonds. The van der Waals surface area contributed by atoms with Gasteiger partial charge in [0.2, 0.25) is 21.8 Å². The first kappa shape index (κ1) is 30.9. The maximum absolute atomic E-state index is 13.4. The average molecular weight is 575 g/mol. The van der Waals surface area contributed by atoms with Crippen LogP contribution in [0.1, 0.15) is 45.6 Å². The maximum atomic E-state index is 13.4. The number of nitrogens with zero attached hydrogens (tertiary/aromatic N) is 2. The maximum Gasteiger partial charge on any atom is 0.242 e. The summed E-state index contributed by atoms with van der Waals surface area (Å²) in [5, 5.41) is 3.42. The van der Waals surface area contributed by atoms with E-state index in [0.29, 0.717) is 23.6 Å². The van der Waals surface area contributed by atoms with Gasteiger partial charge in [0, 0.05) is 31.1 Å². The second kappa shape index (κ2) is 14.0. The smallest absolute Gasteiger partial charge is 0.242 e. The lowest BCUT2D eigenvalue weighted by Gasteiger charge is -2.31. The number of sulfonamides is 1. The predicted molar refractivity (Wildman–Crippen MR) is 147 cm³/mol. The van der Waals surface area contributed by atoms with Crippen LogP contribution in [0, 0.1) is 11.7 Å². The molecule has 0 saturated heterocycles. The first-order chi connectivity index (χ1) is 17.3. The molecule has 1 atom stereocenters. The van der Waals surface area contributed by atoms with E-state index in [0.717, 1.165) is 10.6 Å². The van der Waals surface area contributed by atoms with Crippen LogP contribution in [0.15, 0.2) is 42.5 Å². The molecule has 0 aromatic heterocycles. The summed E-state index contributed by atoms with van der Waals surface area (Å²) in [4.78, 5) is 27.8. The van der Waals surface area contributed by atoms with Gasteiger partial charge in [-0.3, -0.25) is 13.9 Å². The molecule has 0 spiro atoms. The molecule has 2 aromatic carbocycles. The normalized spacial score (nSPS) is 12.3. The van der Waals surface area contributed by atoms with Gasteiger partial charge in [0.25, 0.3) is 0 Å². The third-order valence-electron chi connectivity index (χ3n) is 5.67. The van der Waals surface area contributed by atoms with Crippen molar-refractivity contribution in [2.45, 2.75) is 52.6 Å². The summed E-state index contributed by atoms with van der Waals surface area (Å²) >= 11 is 12.3. The topological polar surface area (TPSA) is 86.8 Å². The molecule has 1 unspecified atom stereocenters. The largest absolute Gasteiger partial charge is 0.354 e. The third kappa shape index (κ3) is 9.47. The van der Waals surface area contributed by atoms with E-state index in [1.54, 1.807) is 18.2 Å². The molecule has 1 N–H and O–H groups in total. The Hall–Kier alpha value is -2.36. The van der Waals surface area contributed by atoms with Crippen molar-refractivity contribution in [2.75, 3.05) is 23.7 Å². The second-order valence-corrected chi connectivity index (χ2v) is 12.0. The summed E-state index contributed by atoms with van der Waals surface area (Å²) in [6.45, 7) is 6.34. The van der Waals surface area contributed by atoms with Gasteiger partial charge in [0.05, 0.1) is 17.0 Å². The minimum atomic E-state index is -3.71. The molecule has 0 aliphatic rings. The Balaban J connectivity index is 2.23. The molecule has 204 valence electrons. The fraction of sp³-hybridized carbons (Fsp3) is 0.462. The summed E-state index contributed by atoms with van der Waals surface area (Å²) in [5.74, 6) is -0.747. The molecule has 7 nitrogen and oxygen atoms in total. The molecule has 37 heavy (non-hydrogen) atoms. The molecule has 0 radical (unpaired) electrons. The lowest BCUT2D eigenvalue weighted by atomic mass is 10.1. The number of halogens is 3. The molecular weight excluding hydrogens is 540 g/mol. The number of carbonyl (C=O) groups excluding carboxylic acids is 2. The SMILES string of the molecule is CCC(C(=O)NCC(C)C)N(Cc1ccc(F)cc1)C(=O)CCCN(c1cc(Cl)ccc1Cl)S(C)(=O)=O. The van der Waals surface area contributed by atoms with Gasteiger partial charge in [0.1, 0.15) is 11.9 Å². The molecule has 0 aliphatic heterocycles. The van der Waals surface area contributed by atoms with Crippen LogP contribution in [0.5, 0.6) is 0 Å². The van der Waals surface area contributed by atoms with E-state index in [4.69, 9.17) is 23.2 Å². The predicted octanol–water partition coefficient (Wildman–Crippen LogP) is 5.26. The van der Waals surface area contributed by atoms with E-state index in [-0.39, 0.29) is 54.4 Å². The summed E-state index contributed by atoms with van der Waals surface area (Å²) in [6, 6.07) is 9.54. The number of amides is 2. The zero-order chi connectivity index (χ0) is 27.8. The van der Waals surface area contributed by atoms with Crippen LogP contribution in [0.25, 0.3) is 0 Å². The van der Waals surface area contributed by atoms with E-state index < -0.39 is 21.9 Å². The van der Waals surface area contributed by atoms with Crippen molar-refractivity contribution in [2.24, 2.45) is 5.92 Å². The zero-order valence-corrected chi connectivity index (χ0v) is 23.8. The zero-order valence-electron chi connectivity index (χ0n) is 21.5. The van der Waals surface area contributed by atoms with Crippen molar-refractivity contribution in [3.8, 4) is 0 Å². The summed E-state index contributed by atoms with van der Waals surface area (Å²) in [6.07, 6.45) is 1.60. The van der Waals surface area contributed by atoms with Gasteiger partial charge >= 0.3 is 0 Å². The van der Waals surface area contributed by atoms with Crippen molar-refractivity contribution in [1.82, 2.24) is 10.2 Å². The van der Waals surface area contributed by atoms with Gasteiger partial charge in [-0.15, -0.1) is 0 Å². The second-order valence-electron chi connectivity index (χ2n) is 9.25. The Morgan fingerprint density at radius 2 is 1.73 bits per heavy atom. The van der Waals surface area contributed by atoms with Crippen molar-refractivity contribution < 1.29 is 22.4 Å². The minimum Gasteiger partial charge on any atom is -0.354 e. The number of hydrogen-bond donors (Lipinski definition) is 1. The number of nitrogens with one attached hydrogen (secondary N) is 1. The molecule has 11 heteroatoms. The van der Waals surface area contributed by atoms with Crippen LogP contribution < -0.4 is 9.62 Å². The van der Waals surface area contributed by atoms with Crippen LogP contribution in [0.2, 0.25) is 10.0 Å². The van der Waals surface area contributed by atoms with Crippen LogP contribution >= 0.6 is 23.2 Å². The van der Waals surface area contributed by atoms with E-state index in [9.17, 15) is 22.4 Å². The molecule has 0 fully saturated rings. The van der Waals surface area contributed by atoms with Gasteiger partial charge in [-0.25, -0.2) is 12.8 Å². The first-order valence-corrected chi connectivity index (χ1v) is 14.7. The average Bonchev–Trinajstić information content (AvgIpc) is 2.82. The highest BCUT2D eigenvalue weighted by atomic mass is 35.5. The molecule has 2 aromatic rings. The fourth-order valence-corrected chi connectivity index (χ4v) is 5.19. The van der Waals surface area contributed by atoms with Gasteiger partial charge < -0.3 is 10.2 Å². The Bertz CT molecular complexity index is 1180. The number of rotatable bonds is 13. The minimum absolute atomic E-state index is 0.00857. The third-order valence-corrected chi connectivity index (χ3v) is 7.40. The Morgan fingerprint density at radius 1 is 1.08 bits per heavy atom. The molecule has 2 rings (SSSR count). The van der Waals surface area contributed by atoms with E-state index in [2.05, 4.69) is 5.32 Å². The monoisotopic (exact) mass is 573 g/mol. The standard InChI is InChI=1S/C26H34Cl2FN3O4S/c1-5-23(26(34)30-16-18(2)3)31(17-19-8-11-21(29)12-9-19)25(33)7-6-14-32(37(4,35)36)24-15-20(27)10-13-22(24)28/h8-13,15,18,23H,5-7,14,16-17H2,1-4H3,(H,30,34). The Kier molecular flexibility index (Phi) is 11.7. The first-order valence-electron chi connectivity index (χ1n) is 12.1. The van der Waals surface area contributed by atoms with Crippen molar-refractivity contribution >= 4 is 50.7 Å². The van der Waals surface area contributed by atoms with Gasteiger partial charge in [-0.05, 0) is 54.7 Å².